The fourth-order valence-electron chi connectivity index (χ4n) is 1.95. The molecule has 0 radical (unpaired) electrons. The number of H-pyrrole nitrogens is 1. The Morgan fingerprint density at radius 3 is 2.75 bits per heavy atom. The number of aliphatic hydroxyl groups excluding tert-OH is 1. The molecule has 0 saturated heterocycles. The molecule has 108 valence electrons. The molecule has 0 aliphatic heterocycles. The van der Waals surface area contributed by atoms with Crippen molar-refractivity contribution in [3.05, 3.63) is 48.0 Å². The van der Waals surface area contributed by atoms with Gasteiger partial charge >= 0.3 is 0 Å². The van der Waals surface area contributed by atoms with Gasteiger partial charge in [-0.3, -0.25) is 0 Å². The van der Waals surface area contributed by atoms with E-state index in [1.165, 1.54) is 6.07 Å². The Bertz CT molecular complexity index is 653. The van der Waals surface area contributed by atoms with Crippen molar-refractivity contribution in [2.24, 2.45) is 0 Å². The van der Waals surface area contributed by atoms with Gasteiger partial charge in [-0.25, -0.2) is 18.1 Å². The number of imidazole rings is 1. The molecule has 6 nitrogen and oxygen atoms in total. The second kappa shape index (κ2) is 6.17. The van der Waals surface area contributed by atoms with Crippen molar-refractivity contribution in [1.82, 2.24) is 14.7 Å². The van der Waals surface area contributed by atoms with Crippen LogP contribution in [0.4, 0.5) is 0 Å². The second-order valence-corrected chi connectivity index (χ2v) is 6.00. The third kappa shape index (κ3) is 3.06. The number of aliphatic hydroxyl groups is 1. The smallest absolute Gasteiger partial charge is 0.241 e. The standard InChI is InChI=1S/C13H17N3O3S/c1-2-11(13-14-7-8-15-13)16-20(18,19)12-6-4-3-5-10(12)9-17/h3-8,11,16-17H,2,9H2,1H3,(H,14,15). The van der Waals surface area contributed by atoms with Crippen LogP contribution in [-0.2, 0) is 16.6 Å². The maximum absolute atomic E-state index is 12.4. The van der Waals surface area contributed by atoms with Crippen molar-refractivity contribution < 1.29 is 13.5 Å². The molecule has 0 bridgehead atoms. The number of sulfonamides is 1. The van der Waals surface area contributed by atoms with E-state index in [4.69, 9.17) is 0 Å². The predicted molar refractivity (Wildman–Crippen MR) is 74.3 cm³/mol. The Kier molecular flexibility index (Phi) is 4.53. The van der Waals surface area contributed by atoms with Crippen molar-refractivity contribution in [3.63, 3.8) is 0 Å². The molecule has 3 N–H and O–H groups in total. The molecule has 20 heavy (non-hydrogen) atoms. The molecular weight excluding hydrogens is 278 g/mol. The number of hydrogen-bond acceptors (Lipinski definition) is 4. The predicted octanol–water partition coefficient (Wildman–Crippen LogP) is 1.33. The van der Waals surface area contributed by atoms with Crippen molar-refractivity contribution in [3.8, 4) is 0 Å². The number of hydrogen-bond donors (Lipinski definition) is 3. The van der Waals surface area contributed by atoms with Gasteiger partial charge in [0.25, 0.3) is 0 Å². The zero-order valence-corrected chi connectivity index (χ0v) is 11.9. The third-order valence-corrected chi connectivity index (χ3v) is 4.56. The molecule has 2 aromatic rings. The Hall–Kier alpha value is -1.70. The molecule has 1 aromatic carbocycles. The summed E-state index contributed by atoms with van der Waals surface area (Å²) in [6.45, 7) is 1.54. The van der Waals surface area contributed by atoms with Crippen molar-refractivity contribution in [1.29, 1.82) is 0 Å². The SMILES string of the molecule is CCC(NS(=O)(=O)c1ccccc1CO)c1ncc[nH]1. The topological polar surface area (TPSA) is 95.1 Å². The molecule has 0 aliphatic rings. The Balaban J connectivity index is 2.31. The van der Waals surface area contributed by atoms with Crippen LogP contribution in [0.3, 0.4) is 0 Å². The van der Waals surface area contributed by atoms with E-state index in [1.54, 1.807) is 30.6 Å². The van der Waals surface area contributed by atoms with Gasteiger partial charge in [0, 0.05) is 12.4 Å². The Labute approximate surface area is 117 Å². The summed E-state index contributed by atoms with van der Waals surface area (Å²) in [6, 6.07) is 5.95. The molecule has 0 amide bonds. The number of benzene rings is 1. The average Bonchev–Trinajstić information content (AvgIpc) is 2.98. The Morgan fingerprint density at radius 2 is 2.15 bits per heavy atom. The summed E-state index contributed by atoms with van der Waals surface area (Å²) in [5.41, 5.74) is 0.370. The van der Waals surface area contributed by atoms with Crippen LogP contribution in [0.1, 0.15) is 30.8 Å². The van der Waals surface area contributed by atoms with Crippen LogP contribution in [0.25, 0.3) is 0 Å². The first-order chi connectivity index (χ1) is 9.58. The van der Waals surface area contributed by atoms with E-state index in [0.29, 0.717) is 17.8 Å². The molecule has 1 aromatic heterocycles. The summed E-state index contributed by atoms with van der Waals surface area (Å²) < 4.78 is 27.4. The lowest BCUT2D eigenvalue weighted by atomic mass is 10.2. The van der Waals surface area contributed by atoms with Gasteiger partial charge in [0.05, 0.1) is 17.5 Å². The minimum Gasteiger partial charge on any atom is -0.392 e. The molecule has 0 saturated carbocycles. The van der Waals surface area contributed by atoms with Crippen LogP contribution < -0.4 is 4.72 Å². The van der Waals surface area contributed by atoms with Crippen LogP contribution in [0.5, 0.6) is 0 Å². The average molecular weight is 295 g/mol. The van der Waals surface area contributed by atoms with Crippen LogP contribution in [-0.4, -0.2) is 23.5 Å². The van der Waals surface area contributed by atoms with E-state index in [2.05, 4.69) is 14.7 Å². The lowest BCUT2D eigenvalue weighted by molar-refractivity contribution is 0.278. The summed E-state index contributed by atoms with van der Waals surface area (Å²) >= 11 is 0. The van der Waals surface area contributed by atoms with Gasteiger partial charge in [-0.15, -0.1) is 0 Å². The van der Waals surface area contributed by atoms with Crippen LogP contribution in [0.2, 0.25) is 0 Å². The number of rotatable bonds is 6. The largest absolute Gasteiger partial charge is 0.392 e. The van der Waals surface area contributed by atoms with Gasteiger partial charge in [-0.05, 0) is 18.1 Å². The molecular formula is C13H17N3O3S. The molecule has 0 fully saturated rings. The third-order valence-electron chi connectivity index (χ3n) is 2.99. The van der Waals surface area contributed by atoms with Crippen molar-refractivity contribution >= 4 is 10.0 Å². The molecule has 0 aliphatic carbocycles. The normalized spacial score (nSPS) is 13.3. The lowest BCUT2D eigenvalue weighted by Crippen LogP contribution is -2.29. The van der Waals surface area contributed by atoms with Gasteiger partial charge in [-0.2, -0.15) is 0 Å². The monoisotopic (exact) mass is 295 g/mol. The molecule has 7 heteroatoms. The van der Waals surface area contributed by atoms with Crippen LogP contribution >= 0.6 is 0 Å². The van der Waals surface area contributed by atoms with Crippen molar-refractivity contribution in [2.45, 2.75) is 30.9 Å². The highest BCUT2D eigenvalue weighted by atomic mass is 32.2. The van der Waals surface area contributed by atoms with Gasteiger partial charge in [0.1, 0.15) is 5.82 Å². The number of nitrogens with one attached hydrogen (secondary N) is 2. The van der Waals surface area contributed by atoms with Crippen LogP contribution in [0.15, 0.2) is 41.6 Å². The maximum atomic E-state index is 12.4. The zero-order chi connectivity index (χ0) is 14.6. The van der Waals surface area contributed by atoms with Gasteiger partial charge in [-0.1, -0.05) is 25.1 Å². The fraction of sp³-hybridized carbons (Fsp3) is 0.308. The summed E-state index contributed by atoms with van der Waals surface area (Å²) in [4.78, 5) is 7.07. The lowest BCUT2D eigenvalue weighted by Gasteiger charge is -2.16. The summed E-state index contributed by atoms with van der Waals surface area (Å²) in [7, 11) is -3.71. The summed E-state index contributed by atoms with van der Waals surface area (Å²) in [5, 5.41) is 9.25. The van der Waals surface area contributed by atoms with E-state index < -0.39 is 16.1 Å². The highest BCUT2D eigenvalue weighted by molar-refractivity contribution is 7.89. The van der Waals surface area contributed by atoms with E-state index in [9.17, 15) is 13.5 Å². The molecule has 1 unspecified atom stereocenters. The Morgan fingerprint density at radius 1 is 1.40 bits per heavy atom. The number of aromatic nitrogens is 2. The van der Waals surface area contributed by atoms with E-state index >= 15 is 0 Å². The highest BCUT2D eigenvalue weighted by Gasteiger charge is 2.23. The fourth-order valence-corrected chi connectivity index (χ4v) is 3.46. The summed E-state index contributed by atoms with van der Waals surface area (Å²) in [5.74, 6) is 0.567. The molecule has 0 spiro atoms. The van der Waals surface area contributed by atoms with Gasteiger partial charge < -0.3 is 10.1 Å². The number of aromatic amines is 1. The van der Waals surface area contributed by atoms with Gasteiger partial charge in [0.15, 0.2) is 0 Å². The molecule has 1 heterocycles. The van der Waals surface area contributed by atoms with Crippen LogP contribution in [0, 0.1) is 0 Å². The first kappa shape index (κ1) is 14.7. The minimum atomic E-state index is -3.71. The highest BCUT2D eigenvalue weighted by Crippen LogP contribution is 2.20. The molecule has 2 rings (SSSR count). The van der Waals surface area contributed by atoms with Crippen molar-refractivity contribution in [2.75, 3.05) is 0 Å². The van der Waals surface area contributed by atoms with E-state index in [1.807, 2.05) is 6.92 Å². The first-order valence-corrected chi connectivity index (χ1v) is 7.77. The first-order valence-electron chi connectivity index (χ1n) is 6.29. The van der Waals surface area contributed by atoms with E-state index in [-0.39, 0.29) is 11.5 Å². The number of nitrogens with zero attached hydrogens (tertiary/aromatic N) is 1. The molecule has 1 atom stereocenters. The maximum Gasteiger partial charge on any atom is 0.241 e. The van der Waals surface area contributed by atoms with Gasteiger partial charge in [0.2, 0.25) is 10.0 Å². The second-order valence-electron chi connectivity index (χ2n) is 4.32. The van der Waals surface area contributed by atoms with E-state index in [0.717, 1.165) is 0 Å². The quantitative estimate of drug-likeness (QED) is 0.749. The minimum absolute atomic E-state index is 0.0903. The summed E-state index contributed by atoms with van der Waals surface area (Å²) in [6.07, 6.45) is 3.79. The zero-order valence-electron chi connectivity index (χ0n) is 11.1.